The smallest absolute Gasteiger partial charge is 0.306 e. The fourth-order valence-electron chi connectivity index (χ4n) is 5.84. The van der Waals surface area contributed by atoms with E-state index in [1.807, 2.05) is 0 Å². The van der Waals surface area contributed by atoms with Crippen LogP contribution in [0.4, 0.5) is 4.39 Å². The maximum atomic E-state index is 13.2. The molecule has 0 aromatic heterocycles. The summed E-state index contributed by atoms with van der Waals surface area (Å²) < 4.78 is 50.1. The normalized spacial score (nSPS) is 25.8. The Kier molecular flexibility index (Phi) is 7.39. The van der Waals surface area contributed by atoms with Crippen LogP contribution in [-0.4, -0.2) is 38.1 Å². The number of Topliss-reactive ketones (excluding diaryl/α,β-unsaturated/α-hetero) is 1. The third-order valence-corrected chi connectivity index (χ3v) is 9.74. The Hall–Kier alpha value is -2.22. The molecule has 4 aliphatic carbocycles. The van der Waals surface area contributed by atoms with Gasteiger partial charge in [-0.3, -0.25) is 9.59 Å². The monoisotopic (exact) mass is 520 g/mol. The van der Waals surface area contributed by atoms with Crippen molar-refractivity contribution < 1.29 is 31.9 Å². The third kappa shape index (κ3) is 6.01. The highest BCUT2D eigenvalue weighted by molar-refractivity contribution is 7.91. The standard InChI is InChI=1S/C28H37FO6S/c1-26(2,3)35-25(31)12-7-21(14-29)15-34-22-8-10-23(11-9-22)36(32,33)19-27-16-28(17-27,18-27)24(30)13-20-5-4-6-20/h8-11,14,20H,4-7,12-13,15-19H2,1-3H3/b21-14+. The van der Waals surface area contributed by atoms with E-state index in [2.05, 4.69) is 0 Å². The molecule has 1 aromatic rings. The average Bonchev–Trinajstić information content (AvgIpc) is 2.71. The fraction of sp³-hybridized carbons (Fsp3) is 0.643. The first kappa shape index (κ1) is 26.8. The molecule has 4 aliphatic rings. The molecule has 2 bridgehead atoms. The highest BCUT2D eigenvalue weighted by Gasteiger charge is 2.71. The topological polar surface area (TPSA) is 86.7 Å². The molecule has 4 saturated carbocycles. The molecule has 198 valence electrons. The molecule has 8 heteroatoms. The van der Waals surface area contributed by atoms with Gasteiger partial charge in [-0.1, -0.05) is 19.3 Å². The van der Waals surface area contributed by atoms with Gasteiger partial charge < -0.3 is 9.47 Å². The number of ketones is 1. The second kappa shape index (κ2) is 9.92. The van der Waals surface area contributed by atoms with Crippen LogP contribution >= 0.6 is 0 Å². The quantitative estimate of drug-likeness (QED) is 0.327. The van der Waals surface area contributed by atoms with Gasteiger partial charge >= 0.3 is 5.97 Å². The van der Waals surface area contributed by atoms with Crippen molar-refractivity contribution in [3.05, 3.63) is 36.2 Å². The third-order valence-electron chi connectivity index (χ3n) is 7.76. The van der Waals surface area contributed by atoms with Crippen LogP contribution in [0.5, 0.6) is 5.75 Å². The van der Waals surface area contributed by atoms with Crippen LogP contribution in [0.25, 0.3) is 0 Å². The molecule has 0 aliphatic heterocycles. The number of ether oxygens (including phenoxy) is 2. The van der Waals surface area contributed by atoms with Gasteiger partial charge in [0.25, 0.3) is 0 Å². The fourth-order valence-corrected chi connectivity index (χ4v) is 7.67. The van der Waals surface area contributed by atoms with E-state index >= 15 is 0 Å². The molecule has 36 heavy (non-hydrogen) atoms. The summed E-state index contributed by atoms with van der Waals surface area (Å²) in [4.78, 5) is 24.7. The van der Waals surface area contributed by atoms with Gasteiger partial charge in [-0.25, -0.2) is 12.8 Å². The van der Waals surface area contributed by atoms with Crippen LogP contribution < -0.4 is 4.74 Å². The predicted octanol–water partition coefficient (Wildman–Crippen LogP) is 5.74. The first-order valence-electron chi connectivity index (χ1n) is 12.8. The van der Waals surface area contributed by atoms with Crippen LogP contribution in [0, 0.1) is 16.7 Å². The van der Waals surface area contributed by atoms with Crippen molar-refractivity contribution in [2.24, 2.45) is 16.7 Å². The van der Waals surface area contributed by atoms with Crippen LogP contribution in [0.2, 0.25) is 0 Å². The summed E-state index contributed by atoms with van der Waals surface area (Å²) >= 11 is 0. The van der Waals surface area contributed by atoms with Gasteiger partial charge in [0.05, 0.1) is 17.0 Å². The highest BCUT2D eigenvalue weighted by Crippen LogP contribution is 2.74. The number of carbonyl (C=O) groups is 2. The Balaban J connectivity index is 1.23. The van der Waals surface area contributed by atoms with Crippen LogP contribution in [0.3, 0.4) is 0 Å². The molecular formula is C28H37FO6S. The largest absolute Gasteiger partial charge is 0.489 e. The van der Waals surface area contributed by atoms with Gasteiger partial charge in [-0.15, -0.1) is 0 Å². The van der Waals surface area contributed by atoms with E-state index in [-0.39, 0.29) is 40.9 Å². The van der Waals surface area contributed by atoms with E-state index in [1.54, 1.807) is 32.9 Å². The van der Waals surface area contributed by atoms with Gasteiger partial charge in [0.2, 0.25) is 0 Å². The minimum Gasteiger partial charge on any atom is -0.489 e. The zero-order valence-electron chi connectivity index (χ0n) is 21.5. The van der Waals surface area contributed by atoms with Gasteiger partial charge in [-0.2, -0.15) is 0 Å². The average molecular weight is 521 g/mol. The van der Waals surface area contributed by atoms with E-state index in [0.29, 0.717) is 55.0 Å². The zero-order valence-corrected chi connectivity index (χ0v) is 22.3. The highest BCUT2D eigenvalue weighted by atomic mass is 32.2. The number of sulfone groups is 1. The molecule has 0 unspecified atom stereocenters. The summed E-state index contributed by atoms with van der Waals surface area (Å²) in [7, 11) is -3.49. The molecule has 1 aromatic carbocycles. The summed E-state index contributed by atoms with van der Waals surface area (Å²) in [5, 5.41) is 0. The van der Waals surface area contributed by atoms with Crippen molar-refractivity contribution >= 4 is 21.6 Å². The minimum atomic E-state index is -3.49. The molecule has 0 saturated heterocycles. The number of carbonyl (C=O) groups excluding carboxylic acids is 2. The zero-order chi connectivity index (χ0) is 26.2. The van der Waals surface area contributed by atoms with Crippen molar-refractivity contribution in [2.45, 2.75) is 89.1 Å². The molecule has 5 rings (SSSR count). The second-order valence-corrected chi connectivity index (χ2v) is 14.1. The van der Waals surface area contributed by atoms with Gasteiger partial charge in [-0.05, 0) is 87.6 Å². The van der Waals surface area contributed by atoms with Crippen LogP contribution in [0.1, 0.15) is 78.6 Å². The number of benzene rings is 1. The Morgan fingerprint density at radius 2 is 1.72 bits per heavy atom. The van der Waals surface area contributed by atoms with E-state index in [1.165, 1.54) is 18.6 Å². The molecule has 6 nitrogen and oxygen atoms in total. The Morgan fingerprint density at radius 3 is 2.25 bits per heavy atom. The van der Waals surface area contributed by atoms with E-state index < -0.39 is 21.4 Å². The lowest BCUT2D eigenvalue weighted by Crippen LogP contribution is -2.67. The Morgan fingerprint density at radius 1 is 1.08 bits per heavy atom. The lowest BCUT2D eigenvalue weighted by molar-refractivity contribution is -0.197. The van der Waals surface area contributed by atoms with Crippen molar-refractivity contribution in [2.75, 3.05) is 12.4 Å². The summed E-state index contributed by atoms with van der Waals surface area (Å²) in [6, 6.07) is 6.13. The van der Waals surface area contributed by atoms with Gasteiger partial charge in [0.15, 0.2) is 9.84 Å². The molecule has 0 amide bonds. The molecule has 0 N–H and O–H groups in total. The van der Waals surface area contributed by atoms with Gasteiger partial charge in [0, 0.05) is 18.3 Å². The molecule has 4 fully saturated rings. The number of hydrogen-bond acceptors (Lipinski definition) is 6. The van der Waals surface area contributed by atoms with E-state index in [4.69, 9.17) is 9.47 Å². The molecule has 0 heterocycles. The summed E-state index contributed by atoms with van der Waals surface area (Å²) in [5.74, 6) is 0.970. The maximum absolute atomic E-state index is 13.2. The number of esters is 1. The van der Waals surface area contributed by atoms with Crippen LogP contribution in [-0.2, 0) is 24.2 Å². The molecule has 0 radical (unpaired) electrons. The summed E-state index contributed by atoms with van der Waals surface area (Å²) in [6.07, 6.45) is 6.94. The first-order chi connectivity index (χ1) is 16.8. The maximum Gasteiger partial charge on any atom is 0.306 e. The number of rotatable bonds is 12. The lowest BCUT2D eigenvalue weighted by Gasteiger charge is -2.70. The van der Waals surface area contributed by atoms with Crippen molar-refractivity contribution in [1.82, 2.24) is 0 Å². The van der Waals surface area contributed by atoms with Crippen molar-refractivity contribution in [1.29, 1.82) is 0 Å². The molecule has 0 atom stereocenters. The Bertz CT molecular complexity index is 1110. The number of hydrogen-bond donors (Lipinski definition) is 0. The summed E-state index contributed by atoms with van der Waals surface area (Å²) in [5.41, 5.74) is -0.782. The van der Waals surface area contributed by atoms with Crippen LogP contribution in [0.15, 0.2) is 41.1 Å². The minimum absolute atomic E-state index is 0.0444. The predicted molar refractivity (Wildman–Crippen MR) is 134 cm³/mol. The molecule has 0 spiro atoms. The number of halogens is 1. The van der Waals surface area contributed by atoms with Gasteiger partial charge in [0.1, 0.15) is 23.7 Å². The van der Waals surface area contributed by atoms with E-state index in [0.717, 1.165) is 12.8 Å². The molecular weight excluding hydrogens is 483 g/mol. The summed E-state index contributed by atoms with van der Waals surface area (Å²) in [6.45, 7) is 5.26. The second-order valence-electron chi connectivity index (χ2n) is 12.1. The SMILES string of the molecule is CC(C)(C)OC(=O)CC/C(=C\F)COc1ccc(S(=O)(=O)CC23CC(C(=O)CC4CCC4)(C2)C3)cc1. The first-order valence-corrected chi connectivity index (χ1v) is 14.5. The van der Waals surface area contributed by atoms with Crippen molar-refractivity contribution in [3.8, 4) is 5.75 Å². The lowest BCUT2D eigenvalue weighted by atomic mass is 9.34. The van der Waals surface area contributed by atoms with E-state index in [9.17, 15) is 22.4 Å². The van der Waals surface area contributed by atoms with Crippen molar-refractivity contribution in [3.63, 3.8) is 0 Å². The Labute approximate surface area is 213 Å².